The van der Waals surface area contributed by atoms with Gasteiger partial charge in [0, 0.05) is 27.0 Å². The molecule has 2 N–H and O–H groups in total. The number of thiocarbonyl (C=S) groups is 1. The van der Waals surface area contributed by atoms with Gasteiger partial charge >= 0.3 is 0 Å². The van der Waals surface area contributed by atoms with Crippen molar-refractivity contribution in [3.63, 3.8) is 0 Å². The highest BCUT2D eigenvalue weighted by Gasteiger charge is 2.13. The van der Waals surface area contributed by atoms with Crippen molar-refractivity contribution in [1.29, 1.82) is 0 Å². The lowest BCUT2D eigenvalue weighted by atomic mass is 10.1. The summed E-state index contributed by atoms with van der Waals surface area (Å²) in [5.41, 5.74) is 3.27. The second-order valence-electron chi connectivity index (χ2n) is 5.73. The number of para-hydroxylation sites is 1. The molecule has 0 bridgehead atoms. The lowest BCUT2D eigenvalue weighted by Gasteiger charge is -2.13. The van der Waals surface area contributed by atoms with Crippen LogP contribution in [0.15, 0.2) is 69.6 Å². The van der Waals surface area contributed by atoms with Crippen LogP contribution >= 0.6 is 28.1 Å². The maximum Gasteiger partial charge on any atom is 0.175 e. The number of nitrogens with one attached hydrogen (secondary N) is 2. The molecular formula is C20H15BrN2O2S. The standard InChI is InChI=1S/C20H15BrN2O2S/c1-24-19-10-15-14-4-2-3-5-17(14)25-18(15)11-16(19)23-20(26)22-13-8-6-12(21)7-9-13/h2-11H,1H3,(H2,22,23,26). The molecule has 0 atom stereocenters. The van der Waals surface area contributed by atoms with Crippen LogP contribution in [0.25, 0.3) is 21.9 Å². The lowest BCUT2D eigenvalue weighted by molar-refractivity contribution is 0.417. The summed E-state index contributed by atoms with van der Waals surface area (Å²) in [7, 11) is 1.64. The molecule has 0 fully saturated rings. The van der Waals surface area contributed by atoms with Crippen molar-refractivity contribution in [2.24, 2.45) is 0 Å². The van der Waals surface area contributed by atoms with E-state index < -0.39 is 0 Å². The molecule has 0 amide bonds. The number of hydrogen-bond donors (Lipinski definition) is 2. The summed E-state index contributed by atoms with van der Waals surface area (Å²) in [6.45, 7) is 0. The summed E-state index contributed by atoms with van der Waals surface area (Å²) in [6, 6.07) is 19.6. The Morgan fingerprint density at radius 2 is 1.73 bits per heavy atom. The highest BCUT2D eigenvalue weighted by atomic mass is 79.9. The molecule has 0 aliphatic heterocycles. The number of anilines is 2. The Hall–Kier alpha value is -2.57. The quantitative estimate of drug-likeness (QED) is 0.383. The Labute approximate surface area is 164 Å². The van der Waals surface area contributed by atoms with Gasteiger partial charge in [-0.1, -0.05) is 34.1 Å². The Morgan fingerprint density at radius 3 is 2.50 bits per heavy atom. The van der Waals surface area contributed by atoms with Gasteiger partial charge in [0.15, 0.2) is 5.11 Å². The first kappa shape index (κ1) is 16.9. The fraction of sp³-hybridized carbons (Fsp3) is 0.0500. The molecule has 0 aliphatic rings. The molecule has 1 aromatic heterocycles. The number of furan rings is 1. The van der Waals surface area contributed by atoms with Gasteiger partial charge in [-0.05, 0) is 48.6 Å². The first-order valence-corrected chi connectivity index (χ1v) is 9.17. The Kier molecular flexibility index (Phi) is 4.53. The van der Waals surface area contributed by atoms with E-state index in [2.05, 4.69) is 26.6 Å². The van der Waals surface area contributed by atoms with Gasteiger partial charge in [-0.15, -0.1) is 0 Å². The van der Waals surface area contributed by atoms with Crippen molar-refractivity contribution >= 4 is 66.6 Å². The normalized spacial score (nSPS) is 10.8. The van der Waals surface area contributed by atoms with Crippen molar-refractivity contribution in [2.45, 2.75) is 0 Å². The van der Waals surface area contributed by atoms with E-state index in [0.717, 1.165) is 37.8 Å². The first-order chi connectivity index (χ1) is 12.6. The monoisotopic (exact) mass is 426 g/mol. The van der Waals surface area contributed by atoms with Crippen LogP contribution in [0.5, 0.6) is 5.75 Å². The maximum absolute atomic E-state index is 5.94. The zero-order chi connectivity index (χ0) is 18.1. The van der Waals surface area contributed by atoms with Crippen molar-refractivity contribution in [3.05, 3.63) is 65.1 Å². The molecule has 6 heteroatoms. The number of fused-ring (bicyclic) bond motifs is 3. The van der Waals surface area contributed by atoms with Gasteiger partial charge < -0.3 is 19.8 Å². The van der Waals surface area contributed by atoms with Gasteiger partial charge in [0.1, 0.15) is 16.9 Å². The molecule has 130 valence electrons. The van der Waals surface area contributed by atoms with E-state index in [1.165, 1.54) is 0 Å². The van der Waals surface area contributed by atoms with Gasteiger partial charge in [-0.2, -0.15) is 0 Å². The van der Waals surface area contributed by atoms with Crippen LogP contribution in [0.2, 0.25) is 0 Å². The maximum atomic E-state index is 5.94. The lowest BCUT2D eigenvalue weighted by Crippen LogP contribution is -2.19. The third-order valence-corrected chi connectivity index (χ3v) is 4.78. The van der Waals surface area contributed by atoms with E-state index in [0.29, 0.717) is 10.9 Å². The molecule has 0 radical (unpaired) electrons. The fourth-order valence-electron chi connectivity index (χ4n) is 2.84. The summed E-state index contributed by atoms with van der Waals surface area (Å²) < 4.78 is 12.5. The van der Waals surface area contributed by atoms with Crippen LogP contribution < -0.4 is 15.4 Å². The molecule has 0 spiro atoms. The summed E-state index contributed by atoms with van der Waals surface area (Å²) in [6.07, 6.45) is 0. The number of methoxy groups -OCH3 is 1. The average Bonchev–Trinajstić information content (AvgIpc) is 3.00. The minimum absolute atomic E-state index is 0.473. The molecule has 3 aromatic carbocycles. The topological polar surface area (TPSA) is 46.4 Å². The smallest absolute Gasteiger partial charge is 0.175 e. The molecule has 26 heavy (non-hydrogen) atoms. The third-order valence-electron chi connectivity index (χ3n) is 4.05. The molecule has 4 nitrogen and oxygen atoms in total. The molecule has 0 unspecified atom stereocenters. The van der Waals surface area contributed by atoms with Crippen molar-refractivity contribution < 1.29 is 9.15 Å². The first-order valence-electron chi connectivity index (χ1n) is 7.97. The zero-order valence-corrected chi connectivity index (χ0v) is 16.3. The van der Waals surface area contributed by atoms with Crippen LogP contribution in [-0.2, 0) is 0 Å². The van der Waals surface area contributed by atoms with Crippen LogP contribution in [0, 0.1) is 0 Å². The van der Waals surface area contributed by atoms with Crippen LogP contribution in [0.1, 0.15) is 0 Å². The number of benzene rings is 3. The summed E-state index contributed by atoms with van der Waals surface area (Å²) in [4.78, 5) is 0. The van der Waals surface area contributed by atoms with Gasteiger partial charge in [-0.25, -0.2) is 0 Å². The van der Waals surface area contributed by atoms with Gasteiger partial charge in [0.25, 0.3) is 0 Å². The van der Waals surface area contributed by atoms with Gasteiger partial charge in [0.2, 0.25) is 0 Å². The summed E-state index contributed by atoms with van der Waals surface area (Å²) >= 11 is 8.84. The van der Waals surface area contributed by atoms with Crippen LogP contribution in [0.3, 0.4) is 0 Å². The van der Waals surface area contributed by atoms with Crippen molar-refractivity contribution in [1.82, 2.24) is 0 Å². The summed E-state index contributed by atoms with van der Waals surface area (Å²) in [5, 5.41) is 8.88. The molecule has 0 saturated heterocycles. The molecule has 0 aliphatic carbocycles. The Balaban J connectivity index is 1.65. The zero-order valence-electron chi connectivity index (χ0n) is 13.9. The fourth-order valence-corrected chi connectivity index (χ4v) is 3.33. The second kappa shape index (κ2) is 6.97. The number of halogens is 1. The molecule has 4 aromatic rings. The van der Waals surface area contributed by atoms with Crippen LogP contribution in [0.4, 0.5) is 11.4 Å². The van der Waals surface area contributed by atoms with E-state index in [1.54, 1.807) is 7.11 Å². The van der Waals surface area contributed by atoms with Gasteiger partial charge in [-0.3, -0.25) is 0 Å². The molecule has 4 rings (SSSR count). The van der Waals surface area contributed by atoms with E-state index in [4.69, 9.17) is 21.4 Å². The molecule has 0 saturated carbocycles. The SMILES string of the molecule is COc1cc2c(cc1NC(=S)Nc1ccc(Br)cc1)oc1ccccc12. The summed E-state index contributed by atoms with van der Waals surface area (Å²) in [5.74, 6) is 0.698. The van der Waals surface area contributed by atoms with Crippen molar-refractivity contribution in [3.8, 4) is 5.75 Å². The minimum atomic E-state index is 0.473. The predicted molar refractivity (Wildman–Crippen MR) is 114 cm³/mol. The Bertz CT molecular complexity index is 1110. The predicted octanol–water partition coefficient (Wildman–Crippen LogP) is 6.17. The second-order valence-corrected chi connectivity index (χ2v) is 7.06. The number of hydrogen-bond acceptors (Lipinski definition) is 3. The highest BCUT2D eigenvalue weighted by Crippen LogP contribution is 2.36. The Morgan fingerprint density at radius 1 is 0.962 bits per heavy atom. The van der Waals surface area contributed by atoms with Crippen LogP contribution in [-0.4, -0.2) is 12.2 Å². The van der Waals surface area contributed by atoms with Gasteiger partial charge in [0.05, 0.1) is 12.8 Å². The van der Waals surface area contributed by atoms with E-state index in [-0.39, 0.29) is 0 Å². The minimum Gasteiger partial charge on any atom is -0.495 e. The molecular weight excluding hydrogens is 412 g/mol. The average molecular weight is 427 g/mol. The largest absolute Gasteiger partial charge is 0.495 e. The van der Waals surface area contributed by atoms with E-state index >= 15 is 0 Å². The third kappa shape index (κ3) is 3.25. The molecule has 1 heterocycles. The highest BCUT2D eigenvalue weighted by molar-refractivity contribution is 9.10. The number of ether oxygens (including phenoxy) is 1. The number of rotatable bonds is 3. The van der Waals surface area contributed by atoms with E-state index in [9.17, 15) is 0 Å². The van der Waals surface area contributed by atoms with Crippen molar-refractivity contribution in [2.75, 3.05) is 17.7 Å². The van der Waals surface area contributed by atoms with E-state index in [1.807, 2.05) is 60.7 Å².